The topological polar surface area (TPSA) is 111 Å². The summed E-state index contributed by atoms with van der Waals surface area (Å²) < 4.78 is 5.24. The number of ether oxygens (including phenoxy) is 1. The van der Waals surface area contributed by atoms with Crippen LogP contribution in [0.3, 0.4) is 0 Å². The van der Waals surface area contributed by atoms with Crippen LogP contribution in [0.1, 0.15) is 31.4 Å². The molecule has 2 aromatic carbocycles. The van der Waals surface area contributed by atoms with Gasteiger partial charge in [-0.05, 0) is 35.6 Å². The van der Waals surface area contributed by atoms with Crippen LogP contribution in [0.4, 0.5) is 4.79 Å². The molecule has 0 unspecified atom stereocenters. The molecule has 0 fully saturated rings. The Morgan fingerprint density at radius 2 is 1.58 bits per heavy atom. The van der Waals surface area contributed by atoms with Crippen LogP contribution in [0.2, 0.25) is 5.02 Å². The average Bonchev–Trinajstić information content (AvgIpc) is 2.73. The molecule has 0 bridgehead atoms. The highest BCUT2D eigenvalue weighted by Crippen LogP contribution is 2.12. The van der Waals surface area contributed by atoms with Crippen molar-refractivity contribution in [2.45, 2.75) is 45.4 Å². The molecule has 2 rings (SSSR count). The summed E-state index contributed by atoms with van der Waals surface area (Å²) in [7, 11) is 0. The van der Waals surface area contributed by atoms with E-state index in [1.807, 2.05) is 44.2 Å². The van der Waals surface area contributed by atoms with Crippen LogP contribution in [0.15, 0.2) is 54.6 Å². The summed E-state index contributed by atoms with van der Waals surface area (Å²) in [5, 5.41) is 5.80. The minimum absolute atomic E-state index is 0.0687. The lowest BCUT2D eigenvalue weighted by atomic mass is 10.0. The number of alkyl carbamates (subject to hydrolysis) is 1. The first-order valence-corrected chi connectivity index (χ1v) is 10.4. The van der Waals surface area contributed by atoms with Gasteiger partial charge in [-0.2, -0.15) is 0 Å². The highest BCUT2D eigenvalue weighted by molar-refractivity contribution is 6.30. The number of nitrogens with two attached hydrogens (primary N) is 1. The number of carbonyl (C=O) groups excluding carboxylic acids is 3. The summed E-state index contributed by atoms with van der Waals surface area (Å²) in [4.78, 5) is 37.0. The molecule has 0 heterocycles. The Kier molecular flexibility index (Phi) is 9.34. The largest absolute Gasteiger partial charge is 0.445 e. The lowest BCUT2D eigenvalue weighted by Gasteiger charge is -2.23. The van der Waals surface area contributed by atoms with E-state index in [1.165, 1.54) is 0 Å². The maximum absolute atomic E-state index is 12.9. The second-order valence-corrected chi connectivity index (χ2v) is 8.12. The molecule has 2 aromatic rings. The molecule has 166 valence electrons. The minimum Gasteiger partial charge on any atom is -0.445 e. The van der Waals surface area contributed by atoms with Crippen LogP contribution in [-0.4, -0.2) is 30.0 Å². The van der Waals surface area contributed by atoms with E-state index in [1.54, 1.807) is 24.3 Å². The molecular weight excluding hydrogens is 418 g/mol. The van der Waals surface area contributed by atoms with Gasteiger partial charge in [0.2, 0.25) is 11.8 Å². The molecule has 0 aromatic heterocycles. The summed E-state index contributed by atoms with van der Waals surface area (Å²) >= 11 is 5.93. The SMILES string of the molecule is CC(C)C[C@H](NC(=O)[C@H](Cc1ccc(Cl)cc1)NC(=O)OCc1ccccc1)C(N)=O. The Balaban J connectivity index is 2.08. The third kappa shape index (κ3) is 8.68. The number of benzene rings is 2. The Hall–Kier alpha value is -3.06. The summed E-state index contributed by atoms with van der Waals surface area (Å²) in [6.07, 6.45) is -0.151. The fourth-order valence-corrected chi connectivity index (χ4v) is 3.09. The first-order chi connectivity index (χ1) is 14.7. The first-order valence-electron chi connectivity index (χ1n) is 10.1. The highest BCUT2D eigenvalue weighted by atomic mass is 35.5. The maximum atomic E-state index is 12.9. The second-order valence-electron chi connectivity index (χ2n) is 7.68. The van der Waals surface area contributed by atoms with Crippen molar-refractivity contribution < 1.29 is 19.1 Å². The summed E-state index contributed by atoms with van der Waals surface area (Å²) in [6, 6.07) is 14.3. The zero-order chi connectivity index (χ0) is 22.8. The Morgan fingerprint density at radius 1 is 0.935 bits per heavy atom. The summed E-state index contributed by atoms with van der Waals surface area (Å²) in [5.41, 5.74) is 7.04. The minimum atomic E-state index is -0.960. The van der Waals surface area contributed by atoms with E-state index in [-0.39, 0.29) is 18.9 Å². The lowest BCUT2D eigenvalue weighted by molar-refractivity contribution is -0.128. The normalized spacial score (nSPS) is 12.6. The van der Waals surface area contributed by atoms with Crippen LogP contribution in [-0.2, 0) is 27.4 Å². The smallest absolute Gasteiger partial charge is 0.408 e. The van der Waals surface area contributed by atoms with Gasteiger partial charge in [-0.3, -0.25) is 9.59 Å². The first kappa shape index (κ1) is 24.2. The number of nitrogens with one attached hydrogen (secondary N) is 2. The van der Waals surface area contributed by atoms with Gasteiger partial charge < -0.3 is 21.1 Å². The molecule has 0 aliphatic carbocycles. The zero-order valence-electron chi connectivity index (χ0n) is 17.6. The molecule has 0 saturated carbocycles. The van der Waals surface area contributed by atoms with Gasteiger partial charge in [0.1, 0.15) is 18.7 Å². The molecule has 0 saturated heterocycles. The molecule has 0 spiro atoms. The molecule has 4 N–H and O–H groups in total. The van der Waals surface area contributed by atoms with Crippen LogP contribution in [0.25, 0.3) is 0 Å². The number of hydrogen-bond donors (Lipinski definition) is 3. The van der Waals surface area contributed by atoms with Gasteiger partial charge in [0.25, 0.3) is 0 Å². The Morgan fingerprint density at radius 3 is 2.16 bits per heavy atom. The van der Waals surface area contributed by atoms with Crippen LogP contribution < -0.4 is 16.4 Å². The van der Waals surface area contributed by atoms with Gasteiger partial charge in [-0.15, -0.1) is 0 Å². The van der Waals surface area contributed by atoms with Crippen LogP contribution in [0, 0.1) is 5.92 Å². The molecular formula is C23H28ClN3O4. The third-order valence-electron chi connectivity index (χ3n) is 4.54. The van der Waals surface area contributed by atoms with E-state index in [2.05, 4.69) is 10.6 Å². The summed E-state index contributed by atoms with van der Waals surface area (Å²) in [5.74, 6) is -0.994. The molecule has 7 nitrogen and oxygen atoms in total. The van der Waals surface area contributed by atoms with Crippen molar-refractivity contribution in [1.29, 1.82) is 0 Å². The van der Waals surface area contributed by atoms with Gasteiger partial charge in [0, 0.05) is 11.4 Å². The van der Waals surface area contributed by atoms with Crippen molar-refractivity contribution >= 4 is 29.5 Å². The van der Waals surface area contributed by atoms with Crippen molar-refractivity contribution in [3.05, 3.63) is 70.7 Å². The number of rotatable bonds is 10. The summed E-state index contributed by atoms with van der Waals surface area (Å²) in [6.45, 7) is 3.91. The molecule has 0 aliphatic rings. The average molecular weight is 446 g/mol. The van der Waals surface area contributed by atoms with Crippen molar-refractivity contribution in [2.75, 3.05) is 0 Å². The molecule has 0 radical (unpaired) electrons. The molecule has 2 atom stereocenters. The van der Waals surface area contributed by atoms with Crippen molar-refractivity contribution in [3.63, 3.8) is 0 Å². The van der Waals surface area contributed by atoms with Gasteiger partial charge in [0.05, 0.1) is 0 Å². The standard InChI is InChI=1S/C23H28ClN3O4/c1-15(2)12-19(21(25)28)26-22(29)20(13-16-8-10-18(24)11-9-16)27-23(30)31-14-17-6-4-3-5-7-17/h3-11,15,19-20H,12-14H2,1-2H3,(H2,25,28)(H,26,29)(H,27,30)/t19-,20-/m0/s1. The fourth-order valence-electron chi connectivity index (χ4n) is 2.96. The second kappa shape index (κ2) is 12.0. The zero-order valence-corrected chi connectivity index (χ0v) is 18.4. The Labute approximate surface area is 187 Å². The van der Waals surface area contributed by atoms with Gasteiger partial charge >= 0.3 is 6.09 Å². The van der Waals surface area contributed by atoms with Gasteiger partial charge in [0.15, 0.2) is 0 Å². The maximum Gasteiger partial charge on any atom is 0.408 e. The van der Waals surface area contributed by atoms with Crippen molar-refractivity contribution in [3.8, 4) is 0 Å². The van der Waals surface area contributed by atoms with E-state index in [0.29, 0.717) is 11.4 Å². The predicted molar refractivity (Wildman–Crippen MR) is 119 cm³/mol. The highest BCUT2D eigenvalue weighted by Gasteiger charge is 2.27. The van der Waals surface area contributed by atoms with Gasteiger partial charge in [-0.25, -0.2) is 4.79 Å². The van der Waals surface area contributed by atoms with Gasteiger partial charge in [-0.1, -0.05) is 67.9 Å². The molecule has 3 amide bonds. The molecule has 31 heavy (non-hydrogen) atoms. The number of hydrogen-bond acceptors (Lipinski definition) is 4. The molecule has 8 heteroatoms. The number of halogens is 1. The number of carbonyl (C=O) groups is 3. The van der Waals surface area contributed by atoms with Crippen molar-refractivity contribution in [2.24, 2.45) is 11.7 Å². The number of primary amides is 1. The van der Waals surface area contributed by atoms with E-state index >= 15 is 0 Å². The monoisotopic (exact) mass is 445 g/mol. The van der Waals surface area contributed by atoms with E-state index < -0.39 is 30.0 Å². The van der Waals surface area contributed by atoms with E-state index in [9.17, 15) is 14.4 Å². The van der Waals surface area contributed by atoms with E-state index in [0.717, 1.165) is 11.1 Å². The van der Waals surface area contributed by atoms with Crippen LogP contribution >= 0.6 is 11.6 Å². The third-order valence-corrected chi connectivity index (χ3v) is 4.79. The fraction of sp³-hybridized carbons (Fsp3) is 0.348. The number of amides is 3. The van der Waals surface area contributed by atoms with Crippen molar-refractivity contribution in [1.82, 2.24) is 10.6 Å². The lowest BCUT2D eigenvalue weighted by Crippen LogP contribution is -2.54. The quantitative estimate of drug-likeness (QED) is 0.521. The Bertz CT molecular complexity index is 872. The van der Waals surface area contributed by atoms with E-state index in [4.69, 9.17) is 22.1 Å². The predicted octanol–water partition coefficient (Wildman–Crippen LogP) is 3.19. The molecule has 0 aliphatic heterocycles. The van der Waals surface area contributed by atoms with Crippen LogP contribution in [0.5, 0.6) is 0 Å².